The zero-order valence-corrected chi connectivity index (χ0v) is 16.0. The highest BCUT2D eigenvalue weighted by Crippen LogP contribution is 2.27. The Kier molecular flexibility index (Phi) is 4.60. The SMILES string of the molecule is Cc1cccc(N2C(=O)NC(=O)/C(=C\c3cccn3-c3ccccc3)C2=O)c1C. The molecule has 4 amide bonds. The van der Waals surface area contributed by atoms with Gasteiger partial charge < -0.3 is 4.57 Å². The van der Waals surface area contributed by atoms with Gasteiger partial charge in [-0.3, -0.25) is 14.9 Å². The largest absolute Gasteiger partial charge is 0.335 e. The quantitative estimate of drug-likeness (QED) is 0.551. The minimum absolute atomic E-state index is 0.0959. The minimum atomic E-state index is -0.746. The Bertz CT molecular complexity index is 1160. The molecule has 1 aliphatic heterocycles. The molecule has 0 aliphatic carbocycles. The molecule has 4 rings (SSSR count). The van der Waals surface area contributed by atoms with Crippen molar-refractivity contribution in [3.63, 3.8) is 0 Å². The summed E-state index contributed by atoms with van der Waals surface area (Å²) in [7, 11) is 0. The van der Waals surface area contributed by atoms with Gasteiger partial charge >= 0.3 is 6.03 Å². The van der Waals surface area contributed by atoms with Crippen LogP contribution in [0.15, 0.2) is 72.4 Å². The zero-order chi connectivity index (χ0) is 20.5. The number of urea groups is 1. The summed E-state index contributed by atoms with van der Waals surface area (Å²) < 4.78 is 1.87. The molecular formula is C23H19N3O3. The lowest BCUT2D eigenvalue weighted by Crippen LogP contribution is -2.54. The smallest absolute Gasteiger partial charge is 0.317 e. The van der Waals surface area contributed by atoms with E-state index in [1.165, 1.54) is 6.08 Å². The summed E-state index contributed by atoms with van der Waals surface area (Å²) in [5.41, 5.74) is 3.67. The maximum absolute atomic E-state index is 13.2. The van der Waals surface area contributed by atoms with E-state index in [4.69, 9.17) is 0 Å². The lowest BCUT2D eigenvalue weighted by Gasteiger charge is -2.28. The number of carbonyl (C=O) groups is 3. The van der Waals surface area contributed by atoms with Gasteiger partial charge in [-0.15, -0.1) is 0 Å². The number of carbonyl (C=O) groups excluding carboxylic acids is 3. The number of nitrogens with zero attached hydrogens (tertiary/aromatic N) is 2. The number of anilines is 1. The molecule has 1 saturated heterocycles. The number of barbiturate groups is 1. The van der Waals surface area contributed by atoms with Crippen LogP contribution in [-0.2, 0) is 9.59 Å². The summed E-state index contributed by atoms with van der Waals surface area (Å²) in [4.78, 5) is 39.1. The van der Waals surface area contributed by atoms with E-state index in [1.54, 1.807) is 18.2 Å². The van der Waals surface area contributed by atoms with E-state index in [9.17, 15) is 14.4 Å². The number of nitrogens with one attached hydrogen (secondary N) is 1. The van der Waals surface area contributed by atoms with Crippen LogP contribution in [0.5, 0.6) is 0 Å². The lowest BCUT2D eigenvalue weighted by atomic mass is 10.0. The van der Waals surface area contributed by atoms with Gasteiger partial charge in [0.15, 0.2) is 0 Å². The molecule has 0 spiro atoms. The number of amides is 4. The number of rotatable bonds is 3. The van der Waals surface area contributed by atoms with Crippen LogP contribution in [0.3, 0.4) is 0 Å². The van der Waals surface area contributed by atoms with E-state index in [0.717, 1.165) is 21.7 Å². The van der Waals surface area contributed by atoms with Gasteiger partial charge in [0.1, 0.15) is 5.57 Å². The van der Waals surface area contributed by atoms with Crippen LogP contribution in [0.25, 0.3) is 11.8 Å². The zero-order valence-electron chi connectivity index (χ0n) is 16.0. The number of hydrogen-bond acceptors (Lipinski definition) is 3. The van der Waals surface area contributed by atoms with Crippen molar-refractivity contribution in [2.45, 2.75) is 13.8 Å². The second-order valence-corrected chi connectivity index (χ2v) is 6.82. The van der Waals surface area contributed by atoms with E-state index in [-0.39, 0.29) is 5.57 Å². The molecule has 3 aromatic rings. The molecule has 2 aromatic carbocycles. The van der Waals surface area contributed by atoms with E-state index < -0.39 is 17.8 Å². The summed E-state index contributed by atoms with van der Waals surface area (Å²) >= 11 is 0. The molecule has 144 valence electrons. The molecule has 2 heterocycles. The van der Waals surface area contributed by atoms with Crippen LogP contribution in [0.1, 0.15) is 16.8 Å². The molecule has 1 N–H and O–H groups in total. The maximum atomic E-state index is 13.2. The Balaban J connectivity index is 1.78. The molecule has 29 heavy (non-hydrogen) atoms. The predicted octanol–water partition coefficient (Wildman–Crippen LogP) is 3.76. The summed E-state index contributed by atoms with van der Waals surface area (Å²) in [6.07, 6.45) is 3.36. The predicted molar refractivity (Wildman–Crippen MR) is 111 cm³/mol. The molecule has 1 fully saturated rings. The van der Waals surface area contributed by atoms with Gasteiger partial charge in [0, 0.05) is 17.6 Å². The first-order valence-electron chi connectivity index (χ1n) is 9.18. The first kappa shape index (κ1) is 18.4. The Morgan fingerprint density at radius 3 is 2.38 bits per heavy atom. The second kappa shape index (κ2) is 7.24. The topological polar surface area (TPSA) is 71.4 Å². The second-order valence-electron chi connectivity index (χ2n) is 6.82. The van der Waals surface area contributed by atoms with Gasteiger partial charge in [-0.1, -0.05) is 30.3 Å². The van der Waals surface area contributed by atoms with Crippen molar-refractivity contribution in [3.8, 4) is 5.69 Å². The van der Waals surface area contributed by atoms with Crippen molar-refractivity contribution in [1.29, 1.82) is 0 Å². The lowest BCUT2D eigenvalue weighted by molar-refractivity contribution is -0.122. The minimum Gasteiger partial charge on any atom is -0.317 e. The van der Waals surface area contributed by atoms with Crippen LogP contribution in [0.4, 0.5) is 10.5 Å². The molecule has 0 atom stereocenters. The van der Waals surface area contributed by atoms with Gasteiger partial charge in [-0.2, -0.15) is 0 Å². The van der Waals surface area contributed by atoms with Gasteiger partial charge in [-0.25, -0.2) is 9.69 Å². The van der Waals surface area contributed by atoms with Crippen molar-refractivity contribution in [2.24, 2.45) is 0 Å². The third-order valence-corrected chi connectivity index (χ3v) is 5.03. The Hall–Kier alpha value is -3.93. The van der Waals surface area contributed by atoms with Crippen molar-refractivity contribution in [3.05, 3.63) is 89.3 Å². The Morgan fingerprint density at radius 1 is 0.862 bits per heavy atom. The van der Waals surface area contributed by atoms with Gasteiger partial charge in [0.25, 0.3) is 11.8 Å². The average molecular weight is 385 g/mol. The Labute approximate surface area is 168 Å². The third-order valence-electron chi connectivity index (χ3n) is 5.03. The fourth-order valence-electron chi connectivity index (χ4n) is 3.34. The van der Waals surface area contributed by atoms with Gasteiger partial charge in [0.2, 0.25) is 0 Å². The molecule has 0 saturated carbocycles. The third kappa shape index (κ3) is 3.25. The van der Waals surface area contributed by atoms with Crippen LogP contribution in [0, 0.1) is 13.8 Å². The fraction of sp³-hybridized carbons (Fsp3) is 0.0870. The van der Waals surface area contributed by atoms with Crippen molar-refractivity contribution in [1.82, 2.24) is 9.88 Å². The van der Waals surface area contributed by atoms with Gasteiger partial charge in [0.05, 0.1) is 5.69 Å². The highest BCUT2D eigenvalue weighted by molar-refractivity contribution is 6.39. The summed E-state index contributed by atoms with van der Waals surface area (Å²) in [5, 5.41) is 2.28. The number of benzene rings is 2. The number of aryl methyl sites for hydroxylation is 1. The van der Waals surface area contributed by atoms with E-state index >= 15 is 0 Å². The molecule has 6 nitrogen and oxygen atoms in total. The normalized spacial score (nSPS) is 15.7. The molecule has 6 heteroatoms. The number of hydrogen-bond donors (Lipinski definition) is 1. The summed E-state index contributed by atoms with van der Waals surface area (Å²) in [6, 6.07) is 17.8. The molecule has 0 unspecified atom stereocenters. The first-order chi connectivity index (χ1) is 14.0. The van der Waals surface area contributed by atoms with E-state index in [1.807, 2.05) is 67.1 Å². The van der Waals surface area contributed by atoms with E-state index in [0.29, 0.717) is 11.4 Å². The monoisotopic (exact) mass is 385 g/mol. The highest BCUT2D eigenvalue weighted by atomic mass is 16.2. The maximum Gasteiger partial charge on any atom is 0.335 e. The number of aromatic nitrogens is 1. The first-order valence-corrected chi connectivity index (χ1v) is 9.18. The standard InChI is InChI=1S/C23H19N3O3/c1-15-8-6-12-20(16(15)2)26-22(28)19(21(27)24-23(26)29)14-18-11-7-13-25(18)17-9-4-3-5-10-17/h3-14H,1-2H3,(H,24,27,29)/b19-14+. The van der Waals surface area contributed by atoms with Crippen LogP contribution in [-0.4, -0.2) is 22.4 Å². The average Bonchev–Trinajstić information content (AvgIpc) is 3.17. The van der Waals surface area contributed by atoms with Crippen molar-refractivity contribution >= 4 is 29.6 Å². The number of imide groups is 2. The molecule has 0 radical (unpaired) electrons. The molecular weight excluding hydrogens is 366 g/mol. The fourth-order valence-corrected chi connectivity index (χ4v) is 3.34. The number of para-hydroxylation sites is 1. The Morgan fingerprint density at radius 2 is 1.62 bits per heavy atom. The molecule has 1 aromatic heterocycles. The van der Waals surface area contributed by atoms with Crippen molar-refractivity contribution in [2.75, 3.05) is 4.90 Å². The van der Waals surface area contributed by atoms with Crippen LogP contribution >= 0.6 is 0 Å². The van der Waals surface area contributed by atoms with E-state index in [2.05, 4.69) is 5.32 Å². The van der Waals surface area contributed by atoms with Crippen LogP contribution < -0.4 is 10.2 Å². The van der Waals surface area contributed by atoms with Crippen LogP contribution in [0.2, 0.25) is 0 Å². The summed E-state index contributed by atoms with van der Waals surface area (Å²) in [5.74, 6) is -1.35. The molecule has 0 bridgehead atoms. The highest BCUT2D eigenvalue weighted by Gasteiger charge is 2.37. The van der Waals surface area contributed by atoms with Crippen molar-refractivity contribution < 1.29 is 14.4 Å². The van der Waals surface area contributed by atoms with Gasteiger partial charge in [-0.05, 0) is 61.4 Å². The molecule has 1 aliphatic rings. The summed E-state index contributed by atoms with van der Waals surface area (Å²) in [6.45, 7) is 3.74.